The zero-order chi connectivity index (χ0) is 70.8. The molecule has 13 heteroatoms. The number of nitrogens with zero attached hydrogens (tertiary/aromatic N) is 10. The van der Waals surface area contributed by atoms with Crippen LogP contribution in [0.3, 0.4) is 0 Å². The first kappa shape index (κ1) is 59.9. The maximum absolute atomic E-state index is 16.4. The first-order valence-electron chi connectivity index (χ1n) is 35.6. The topological polar surface area (TPSA) is 148 Å². The summed E-state index contributed by atoms with van der Waals surface area (Å²) in [5, 5.41) is 7.77. The van der Waals surface area contributed by atoms with Gasteiger partial charge in [0, 0.05) is 65.3 Å². The zero-order valence-electron chi connectivity index (χ0n) is 56.9. The number of aromatic nitrogens is 10. The summed E-state index contributed by atoms with van der Waals surface area (Å²) in [6.07, 6.45) is 0. The number of benzene rings is 14. The lowest BCUT2D eigenvalue weighted by molar-refractivity contribution is 0.101. The molecule has 107 heavy (non-hydrogen) atoms. The van der Waals surface area contributed by atoms with Gasteiger partial charge in [0.05, 0.1) is 49.5 Å². The largest absolute Gasteiger partial charge is 0.289 e. The fourth-order valence-corrected chi connectivity index (χ4v) is 17.4. The summed E-state index contributed by atoms with van der Waals surface area (Å²) in [5.74, 6) is -0.304. The van der Waals surface area contributed by atoms with E-state index in [1.807, 2.05) is 212 Å². The number of fused-ring (bicyclic) bond motifs is 22. The van der Waals surface area contributed by atoms with Gasteiger partial charge >= 0.3 is 0 Å². The minimum Gasteiger partial charge on any atom is -0.289 e. The summed E-state index contributed by atoms with van der Waals surface area (Å²) in [6.45, 7) is 0. The Labute approximate surface area is 609 Å². The molecular weight excluding hydrogens is 1320 g/mol. The Morgan fingerprint density at radius 2 is 0.523 bits per heavy atom. The Balaban J connectivity index is 0.691. The van der Waals surface area contributed by atoms with E-state index in [1.54, 1.807) is 0 Å². The van der Waals surface area contributed by atoms with Crippen LogP contribution >= 0.6 is 0 Å². The highest BCUT2D eigenvalue weighted by Gasteiger charge is 2.52. The third kappa shape index (κ3) is 8.70. The van der Waals surface area contributed by atoms with Crippen molar-refractivity contribution in [2.45, 2.75) is 5.41 Å². The number of rotatable bonds is 11. The molecule has 13 nitrogen and oxygen atoms in total. The van der Waals surface area contributed by atoms with Gasteiger partial charge in [-0.2, -0.15) is 29.9 Å². The molecular formula is C94H54N10O3. The molecule has 22 rings (SSSR count). The Hall–Kier alpha value is -14.7. The maximum atomic E-state index is 16.4. The number of para-hydroxylation sites is 7. The smallest absolute Gasteiger partial charge is 0.267 e. The van der Waals surface area contributed by atoms with Crippen LogP contribution in [-0.2, 0) is 5.41 Å². The van der Waals surface area contributed by atoms with Crippen molar-refractivity contribution in [3.63, 3.8) is 0 Å². The van der Waals surface area contributed by atoms with Gasteiger partial charge in [-0.1, -0.05) is 255 Å². The van der Waals surface area contributed by atoms with Gasteiger partial charge in [0.15, 0.2) is 11.6 Å². The Bertz CT molecular complexity index is 7000. The van der Waals surface area contributed by atoms with Gasteiger partial charge in [0.1, 0.15) is 0 Å². The van der Waals surface area contributed by atoms with Crippen LogP contribution in [-0.4, -0.2) is 65.5 Å². The van der Waals surface area contributed by atoms with Crippen molar-refractivity contribution in [2.75, 3.05) is 0 Å². The summed E-state index contributed by atoms with van der Waals surface area (Å²) >= 11 is 0. The van der Waals surface area contributed by atoms with Gasteiger partial charge in [-0.25, -0.2) is 0 Å². The summed E-state index contributed by atoms with van der Waals surface area (Å²) < 4.78 is 7.97. The van der Waals surface area contributed by atoms with Crippen molar-refractivity contribution in [3.05, 3.63) is 384 Å². The molecule has 1 unspecified atom stereocenters. The Kier molecular flexibility index (Phi) is 12.8. The second-order valence-electron chi connectivity index (χ2n) is 27.5. The van der Waals surface area contributed by atoms with Crippen molar-refractivity contribution in [1.29, 1.82) is 0 Å². The number of carbonyl (C=O) groups is 3. The van der Waals surface area contributed by atoms with E-state index < -0.39 is 11.2 Å². The summed E-state index contributed by atoms with van der Waals surface area (Å²) in [5.41, 5.74) is 18.4. The van der Waals surface area contributed by atoms with Crippen LogP contribution in [0.1, 0.15) is 70.5 Å². The third-order valence-electron chi connectivity index (χ3n) is 22.0. The molecule has 1 atom stereocenters. The van der Waals surface area contributed by atoms with Crippen LogP contribution in [0.15, 0.2) is 328 Å². The number of carbonyl (C=O) groups excluding carboxylic acids is 3. The van der Waals surface area contributed by atoms with Crippen LogP contribution in [0.2, 0.25) is 0 Å². The number of ketones is 3. The molecule has 0 radical (unpaired) electrons. The normalized spacial score (nSPS) is 13.6. The lowest BCUT2D eigenvalue weighted by Gasteiger charge is -2.31. The summed E-state index contributed by atoms with van der Waals surface area (Å²) in [6, 6.07) is 110. The lowest BCUT2D eigenvalue weighted by Crippen LogP contribution is -2.26. The first-order valence-corrected chi connectivity index (χ1v) is 35.6. The van der Waals surface area contributed by atoms with E-state index >= 15 is 9.59 Å². The molecule has 0 saturated carbocycles. The fraction of sp³-hybridized carbons (Fsp3) is 0.0106. The predicted octanol–water partition coefficient (Wildman–Crippen LogP) is 20.1. The molecule has 0 fully saturated rings. The average Bonchev–Trinajstić information content (AvgIpc) is 1.51. The molecule has 1 spiro atoms. The van der Waals surface area contributed by atoms with Crippen LogP contribution in [0.25, 0.3) is 144 Å². The zero-order valence-corrected chi connectivity index (χ0v) is 56.9. The van der Waals surface area contributed by atoms with Crippen LogP contribution in [0, 0.1) is 0 Å². The van der Waals surface area contributed by atoms with Gasteiger partial charge in [-0.15, -0.1) is 0 Å². The lowest BCUT2D eigenvalue weighted by atomic mass is 9.70. The maximum Gasteiger partial charge on any atom is 0.267 e. The number of hydrogen-bond acceptors (Lipinski definition) is 9. The molecule has 2 aliphatic carbocycles. The van der Waals surface area contributed by atoms with E-state index in [0.717, 1.165) is 143 Å². The fourth-order valence-electron chi connectivity index (χ4n) is 17.4. The molecule has 2 aliphatic rings. The van der Waals surface area contributed by atoms with Crippen molar-refractivity contribution < 1.29 is 14.4 Å². The second kappa shape index (κ2) is 22.9. The number of hydrogen-bond donors (Lipinski definition) is 0. The van der Waals surface area contributed by atoms with Crippen molar-refractivity contribution in [1.82, 2.24) is 48.2 Å². The van der Waals surface area contributed by atoms with Gasteiger partial charge in [0.25, 0.3) is 5.78 Å². The molecule has 14 aromatic carbocycles. The Morgan fingerprint density at radius 1 is 0.215 bits per heavy atom. The highest BCUT2D eigenvalue weighted by Crippen LogP contribution is 2.63. The van der Waals surface area contributed by atoms with Crippen LogP contribution in [0.5, 0.6) is 0 Å². The predicted molar refractivity (Wildman–Crippen MR) is 422 cm³/mol. The molecule has 0 amide bonds. The molecule has 498 valence electrons. The molecule has 0 aliphatic heterocycles. The molecule has 0 N–H and O–H groups in total. The summed E-state index contributed by atoms with van der Waals surface area (Å²) in [4.78, 5) is 77.7. The monoisotopic (exact) mass is 1370 g/mol. The average molecular weight is 1370 g/mol. The molecule has 20 aromatic rings. The van der Waals surface area contributed by atoms with Gasteiger partial charge in [-0.3, -0.25) is 32.7 Å². The highest BCUT2D eigenvalue weighted by atomic mass is 16.1. The van der Waals surface area contributed by atoms with Gasteiger partial charge in [0.2, 0.25) is 35.4 Å². The van der Waals surface area contributed by atoms with E-state index in [4.69, 9.17) is 29.9 Å². The summed E-state index contributed by atoms with van der Waals surface area (Å²) in [7, 11) is 0. The third-order valence-corrected chi connectivity index (χ3v) is 22.0. The molecule has 6 aromatic heterocycles. The van der Waals surface area contributed by atoms with E-state index in [1.165, 1.54) is 0 Å². The van der Waals surface area contributed by atoms with E-state index in [2.05, 4.69) is 133 Å². The van der Waals surface area contributed by atoms with E-state index in [-0.39, 0.29) is 47.0 Å². The molecule has 0 bridgehead atoms. The molecule has 6 heterocycles. The van der Waals surface area contributed by atoms with Gasteiger partial charge < -0.3 is 0 Å². The second-order valence-corrected chi connectivity index (χ2v) is 27.5. The molecule has 0 saturated heterocycles. The standard InChI is InChI=1S/C94H54N10O3/c105-85(55-23-2-1-3-24-55)59-45-48-63-61-27-4-13-36-73(61)94(75(63)53-59)74-37-14-5-28-62(74)64-49-46-60(54-76(64)94)86(106)58-26-22-25-56(51-58)57-47-50-84-72(52-57)71-35-12-21-44-83(71)104(84)93-98-89(97-92(100-93)103-81-42-19-10-33-69(81)70-34-11-20-43-82(70)103)87(107)88-95-90(101-77-38-15-6-29-65(77)66-30-7-16-39-78(66)101)99-91(96-88)102-79-40-17-8-31-67(79)68-32-9-18-41-80(68)102/h1-54H. The minimum atomic E-state index is -0.810. The minimum absolute atomic E-state index is 0.0506. The van der Waals surface area contributed by atoms with E-state index in [9.17, 15) is 4.79 Å². The van der Waals surface area contributed by atoms with Gasteiger partial charge in [-0.05, 0) is 128 Å². The van der Waals surface area contributed by atoms with E-state index in [0.29, 0.717) is 22.3 Å². The van der Waals surface area contributed by atoms with Crippen LogP contribution in [0.4, 0.5) is 0 Å². The Morgan fingerprint density at radius 3 is 0.935 bits per heavy atom. The van der Waals surface area contributed by atoms with Crippen molar-refractivity contribution in [3.8, 4) is 57.2 Å². The van der Waals surface area contributed by atoms with Crippen LogP contribution < -0.4 is 0 Å². The van der Waals surface area contributed by atoms with Crippen molar-refractivity contribution in [2.24, 2.45) is 0 Å². The quantitative estimate of drug-likeness (QED) is 0.115. The SMILES string of the molecule is O=C(c1ccccc1)c1ccc2c(c1)C1(c3ccccc3-2)c2ccccc2-c2ccc(C(=O)c3cccc(-c4ccc5c(c4)c4ccccc4n5-c4nc(C(=O)c5nc(-n6c7ccccc7c7ccccc76)nc(-n6c7ccccc7c7ccccc76)n5)nc(-n5c6ccccc6c6ccccc65)n4)c3)cc21. The van der Waals surface area contributed by atoms with Crippen molar-refractivity contribution >= 4 is 105 Å². The first-order chi connectivity index (χ1) is 52.8. The highest BCUT2D eigenvalue weighted by molar-refractivity contribution is 6.16.